The summed E-state index contributed by atoms with van der Waals surface area (Å²) in [7, 11) is 0. The summed E-state index contributed by atoms with van der Waals surface area (Å²) in [5.74, 6) is 0.111. The highest BCUT2D eigenvalue weighted by molar-refractivity contribution is 5.56. The number of alkyl halides is 2. The molecule has 0 fully saturated rings. The fourth-order valence-corrected chi connectivity index (χ4v) is 1.20. The molecule has 0 atom stereocenters. The van der Waals surface area contributed by atoms with E-state index in [1.54, 1.807) is 18.2 Å². The lowest BCUT2D eigenvalue weighted by molar-refractivity contribution is -0.0504. The number of nitrogens with two attached hydrogens (primary N) is 1. The molecule has 0 aliphatic rings. The van der Waals surface area contributed by atoms with E-state index >= 15 is 0 Å². The van der Waals surface area contributed by atoms with Crippen molar-refractivity contribution in [2.75, 3.05) is 0 Å². The Hall–Kier alpha value is -1.42. The zero-order valence-corrected chi connectivity index (χ0v) is 7.54. The Kier molecular flexibility index (Phi) is 3.59. The van der Waals surface area contributed by atoms with Crippen LogP contribution in [0.15, 0.2) is 24.8 Å². The quantitative estimate of drug-likeness (QED) is 0.808. The van der Waals surface area contributed by atoms with Crippen LogP contribution in [0, 0.1) is 0 Å². The predicted octanol–water partition coefficient (Wildman–Crippen LogP) is 2.39. The summed E-state index contributed by atoms with van der Waals surface area (Å²) in [5.41, 5.74) is 6.69. The summed E-state index contributed by atoms with van der Waals surface area (Å²) in [6.07, 6.45) is 1.56. The third kappa shape index (κ3) is 2.29. The minimum Gasteiger partial charge on any atom is -0.434 e. The molecule has 0 saturated carbocycles. The van der Waals surface area contributed by atoms with Crippen LogP contribution >= 0.6 is 0 Å². The summed E-state index contributed by atoms with van der Waals surface area (Å²) in [4.78, 5) is 0. The normalized spacial score (nSPS) is 10.3. The molecule has 0 saturated heterocycles. The monoisotopic (exact) mass is 199 g/mol. The van der Waals surface area contributed by atoms with Crippen LogP contribution in [0.3, 0.4) is 0 Å². The van der Waals surface area contributed by atoms with Crippen LogP contribution in [0.25, 0.3) is 6.08 Å². The van der Waals surface area contributed by atoms with Crippen molar-refractivity contribution in [3.05, 3.63) is 35.9 Å². The van der Waals surface area contributed by atoms with E-state index in [1.165, 1.54) is 6.07 Å². The smallest absolute Gasteiger partial charge is 0.387 e. The van der Waals surface area contributed by atoms with E-state index in [2.05, 4.69) is 11.3 Å². The molecule has 0 heterocycles. The van der Waals surface area contributed by atoms with E-state index in [9.17, 15) is 8.78 Å². The van der Waals surface area contributed by atoms with Crippen molar-refractivity contribution >= 4 is 6.08 Å². The Labute approximate surface area is 81.0 Å². The van der Waals surface area contributed by atoms with Crippen LogP contribution in [-0.4, -0.2) is 6.61 Å². The lowest BCUT2D eigenvalue weighted by atomic mass is 10.1. The van der Waals surface area contributed by atoms with E-state index < -0.39 is 6.61 Å². The maximum Gasteiger partial charge on any atom is 0.387 e. The van der Waals surface area contributed by atoms with Gasteiger partial charge in [0.05, 0.1) is 0 Å². The Balaban J connectivity index is 3.08. The first-order chi connectivity index (χ1) is 6.69. The molecular formula is C10H11F2NO. The largest absolute Gasteiger partial charge is 0.434 e. The molecule has 0 aliphatic carbocycles. The average molecular weight is 199 g/mol. The summed E-state index contributed by atoms with van der Waals surface area (Å²) in [5, 5.41) is 0. The van der Waals surface area contributed by atoms with Crippen LogP contribution in [0.5, 0.6) is 5.75 Å². The third-order valence-electron chi connectivity index (χ3n) is 1.81. The van der Waals surface area contributed by atoms with E-state index in [1.807, 2.05) is 0 Å². The molecule has 0 amide bonds. The van der Waals surface area contributed by atoms with Gasteiger partial charge in [0.1, 0.15) is 5.75 Å². The van der Waals surface area contributed by atoms with Crippen LogP contribution in [0.2, 0.25) is 0 Å². The molecule has 0 spiro atoms. The number of hydrogen-bond donors (Lipinski definition) is 1. The molecule has 0 aliphatic heterocycles. The van der Waals surface area contributed by atoms with Gasteiger partial charge in [-0.15, -0.1) is 0 Å². The highest BCUT2D eigenvalue weighted by atomic mass is 19.3. The fourth-order valence-electron chi connectivity index (χ4n) is 1.20. The molecule has 0 bridgehead atoms. The van der Waals surface area contributed by atoms with Crippen molar-refractivity contribution < 1.29 is 13.5 Å². The van der Waals surface area contributed by atoms with Gasteiger partial charge in [-0.3, -0.25) is 0 Å². The van der Waals surface area contributed by atoms with Crippen molar-refractivity contribution in [3.63, 3.8) is 0 Å². The highest BCUT2D eigenvalue weighted by Crippen LogP contribution is 2.24. The molecule has 14 heavy (non-hydrogen) atoms. The Bertz CT molecular complexity index is 326. The first-order valence-electron chi connectivity index (χ1n) is 4.08. The van der Waals surface area contributed by atoms with Crippen LogP contribution in [-0.2, 0) is 6.54 Å². The van der Waals surface area contributed by atoms with Gasteiger partial charge in [0, 0.05) is 12.1 Å². The average Bonchev–Trinajstić information content (AvgIpc) is 2.16. The molecule has 1 rings (SSSR count). The van der Waals surface area contributed by atoms with Gasteiger partial charge in [-0.1, -0.05) is 24.8 Å². The standard InChI is InChI=1S/C10H11F2NO/c1-2-7-4-3-5-9(8(7)6-13)14-10(11)12/h2-5,10H,1,6,13H2. The van der Waals surface area contributed by atoms with Gasteiger partial charge >= 0.3 is 6.61 Å². The molecule has 4 heteroatoms. The molecule has 2 N–H and O–H groups in total. The molecule has 2 nitrogen and oxygen atoms in total. The molecule has 0 unspecified atom stereocenters. The minimum atomic E-state index is -2.83. The SMILES string of the molecule is C=Cc1cccc(OC(F)F)c1CN. The maximum atomic E-state index is 12.0. The van der Waals surface area contributed by atoms with Crippen molar-refractivity contribution in [1.29, 1.82) is 0 Å². The second kappa shape index (κ2) is 4.72. The van der Waals surface area contributed by atoms with Crippen molar-refractivity contribution in [2.24, 2.45) is 5.73 Å². The Morgan fingerprint density at radius 3 is 2.71 bits per heavy atom. The van der Waals surface area contributed by atoms with Gasteiger partial charge in [0.15, 0.2) is 0 Å². The highest BCUT2D eigenvalue weighted by Gasteiger charge is 2.10. The minimum absolute atomic E-state index is 0.111. The van der Waals surface area contributed by atoms with Gasteiger partial charge < -0.3 is 10.5 Å². The Morgan fingerprint density at radius 2 is 2.21 bits per heavy atom. The number of ether oxygens (including phenoxy) is 1. The maximum absolute atomic E-state index is 12.0. The topological polar surface area (TPSA) is 35.2 Å². The summed E-state index contributed by atoms with van der Waals surface area (Å²) in [6.45, 7) is 0.871. The van der Waals surface area contributed by atoms with E-state index in [4.69, 9.17) is 5.73 Å². The van der Waals surface area contributed by atoms with Crippen LogP contribution in [0.4, 0.5) is 8.78 Å². The van der Waals surface area contributed by atoms with Gasteiger partial charge in [0.2, 0.25) is 0 Å². The van der Waals surface area contributed by atoms with E-state index in [-0.39, 0.29) is 12.3 Å². The molecule has 0 aromatic heterocycles. The van der Waals surface area contributed by atoms with Gasteiger partial charge in [0.25, 0.3) is 0 Å². The second-order valence-corrected chi connectivity index (χ2v) is 2.61. The first kappa shape index (κ1) is 10.7. The third-order valence-corrected chi connectivity index (χ3v) is 1.81. The van der Waals surface area contributed by atoms with Crippen LogP contribution < -0.4 is 10.5 Å². The van der Waals surface area contributed by atoms with E-state index in [0.29, 0.717) is 11.1 Å². The van der Waals surface area contributed by atoms with Crippen molar-refractivity contribution in [3.8, 4) is 5.75 Å². The lowest BCUT2D eigenvalue weighted by Crippen LogP contribution is -2.08. The number of benzene rings is 1. The van der Waals surface area contributed by atoms with E-state index in [0.717, 1.165) is 0 Å². The van der Waals surface area contributed by atoms with Gasteiger partial charge in [-0.25, -0.2) is 0 Å². The molecule has 1 aromatic rings. The lowest BCUT2D eigenvalue weighted by Gasteiger charge is -2.11. The Morgan fingerprint density at radius 1 is 1.50 bits per heavy atom. The number of hydrogen-bond acceptors (Lipinski definition) is 2. The predicted molar refractivity (Wildman–Crippen MR) is 51.1 cm³/mol. The van der Waals surface area contributed by atoms with Crippen molar-refractivity contribution in [1.82, 2.24) is 0 Å². The zero-order valence-electron chi connectivity index (χ0n) is 7.54. The number of halogens is 2. The van der Waals surface area contributed by atoms with Gasteiger partial charge in [-0.05, 0) is 11.6 Å². The fraction of sp³-hybridized carbons (Fsp3) is 0.200. The number of rotatable bonds is 4. The van der Waals surface area contributed by atoms with Crippen molar-refractivity contribution in [2.45, 2.75) is 13.2 Å². The van der Waals surface area contributed by atoms with Gasteiger partial charge in [-0.2, -0.15) is 8.78 Å². The molecule has 76 valence electrons. The first-order valence-corrected chi connectivity index (χ1v) is 4.08. The molecule has 0 radical (unpaired) electrons. The second-order valence-electron chi connectivity index (χ2n) is 2.61. The summed E-state index contributed by atoms with van der Waals surface area (Å²) in [6, 6.07) is 4.82. The van der Waals surface area contributed by atoms with Crippen LogP contribution in [0.1, 0.15) is 11.1 Å². The molecular weight excluding hydrogens is 188 g/mol. The summed E-state index contributed by atoms with van der Waals surface area (Å²) >= 11 is 0. The zero-order chi connectivity index (χ0) is 10.6. The molecule has 1 aromatic carbocycles. The summed E-state index contributed by atoms with van der Waals surface area (Å²) < 4.78 is 28.3.